The predicted molar refractivity (Wildman–Crippen MR) is 100 cm³/mol. The summed E-state index contributed by atoms with van der Waals surface area (Å²) in [6, 6.07) is 6.13. The van der Waals surface area contributed by atoms with E-state index in [1.54, 1.807) is 12.1 Å². The van der Waals surface area contributed by atoms with Crippen LogP contribution >= 0.6 is 46.4 Å². The Bertz CT molecular complexity index is 808. The first-order valence-corrected chi connectivity index (χ1v) is 9.26. The molecule has 2 aromatic rings. The molecule has 0 spiro atoms. The molecule has 1 fully saturated rings. The quantitative estimate of drug-likeness (QED) is 0.373. The van der Waals surface area contributed by atoms with Crippen molar-refractivity contribution >= 4 is 58.3 Å². The molecule has 0 radical (unpaired) electrons. The smallest absolute Gasteiger partial charge is 0.341 e. The molecule has 0 aliphatic heterocycles. The van der Waals surface area contributed by atoms with Crippen LogP contribution < -0.4 is 0 Å². The Morgan fingerprint density at radius 3 is 1.67 bits per heavy atom. The Hall–Kier alpha value is -1.60. The van der Waals surface area contributed by atoms with Crippen LogP contribution in [-0.4, -0.2) is 39.5 Å². The van der Waals surface area contributed by atoms with E-state index in [1.165, 1.54) is 24.5 Å². The first kappa shape index (κ1) is 20.1. The highest BCUT2D eigenvalue weighted by molar-refractivity contribution is 6.51. The van der Waals surface area contributed by atoms with Crippen molar-refractivity contribution in [1.29, 1.82) is 0 Å². The Labute approximate surface area is 174 Å². The van der Waals surface area contributed by atoms with Crippen molar-refractivity contribution in [2.45, 2.75) is 4.33 Å². The summed E-state index contributed by atoms with van der Waals surface area (Å²) in [5.41, 5.74) is 0.285. The molecule has 0 N–H and O–H groups in total. The summed E-state index contributed by atoms with van der Waals surface area (Å²) in [6.45, 7) is -0.0974. The maximum atomic E-state index is 12.1. The number of carbonyl (C=O) groups excluding carboxylic acids is 2. The van der Waals surface area contributed by atoms with Crippen LogP contribution in [0.2, 0.25) is 10.3 Å². The largest absolute Gasteiger partial charge is 0.462 e. The fourth-order valence-electron chi connectivity index (χ4n) is 2.48. The van der Waals surface area contributed by atoms with Gasteiger partial charge < -0.3 is 9.47 Å². The number of carbonyl (C=O) groups is 2. The minimum absolute atomic E-state index is 0.0418. The molecule has 142 valence electrons. The molecule has 0 unspecified atom stereocenters. The van der Waals surface area contributed by atoms with E-state index in [1.807, 2.05) is 0 Å². The monoisotopic (exact) mass is 448 g/mol. The van der Waals surface area contributed by atoms with Crippen LogP contribution in [0.15, 0.2) is 36.7 Å². The van der Waals surface area contributed by atoms with Gasteiger partial charge in [0.05, 0.1) is 24.3 Å². The molecule has 27 heavy (non-hydrogen) atoms. The first-order chi connectivity index (χ1) is 12.8. The Balaban J connectivity index is 1.53. The molecule has 1 aliphatic rings. The molecule has 2 heterocycles. The number of aromatic nitrogens is 2. The summed E-state index contributed by atoms with van der Waals surface area (Å²) in [5, 5.41) is 0.0836. The Morgan fingerprint density at radius 2 is 1.30 bits per heavy atom. The molecule has 2 aromatic heterocycles. The summed E-state index contributed by atoms with van der Waals surface area (Å²) in [5.74, 6) is -2.06. The molecule has 1 aliphatic carbocycles. The number of halogens is 4. The number of ether oxygens (including phenoxy) is 2. The van der Waals surface area contributed by atoms with E-state index >= 15 is 0 Å². The van der Waals surface area contributed by atoms with Gasteiger partial charge in [0.15, 0.2) is 0 Å². The molecule has 3 rings (SSSR count). The summed E-state index contributed by atoms with van der Waals surface area (Å²) in [7, 11) is 0. The van der Waals surface area contributed by atoms with Gasteiger partial charge in [-0.3, -0.25) is 0 Å². The number of hydrogen-bond donors (Lipinski definition) is 0. The Morgan fingerprint density at radius 1 is 0.889 bits per heavy atom. The second kappa shape index (κ2) is 8.19. The third-order valence-electron chi connectivity index (χ3n) is 4.11. The van der Waals surface area contributed by atoms with Gasteiger partial charge in [-0.15, -0.1) is 23.2 Å². The molecule has 1 saturated carbocycles. The van der Waals surface area contributed by atoms with Gasteiger partial charge in [0.1, 0.15) is 14.6 Å². The van der Waals surface area contributed by atoms with Gasteiger partial charge in [-0.05, 0) is 24.3 Å². The van der Waals surface area contributed by atoms with E-state index in [0.29, 0.717) is 0 Å². The molecule has 2 atom stereocenters. The summed E-state index contributed by atoms with van der Waals surface area (Å²) >= 11 is 24.1. The molecule has 0 bridgehead atoms. The first-order valence-electron chi connectivity index (χ1n) is 7.75. The number of pyridine rings is 2. The van der Waals surface area contributed by atoms with Gasteiger partial charge in [-0.1, -0.05) is 23.2 Å². The molecule has 10 heteroatoms. The van der Waals surface area contributed by atoms with Crippen LogP contribution in [0.4, 0.5) is 0 Å². The average molecular weight is 450 g/mol. The third kappa shape index (κ3) is 4.46. The topological polar surface area (TPSA) is 78.4 Å². The van der Waals surface area contributed by atoms with Crippen molar-refractivity contribution in [2.24, 2.45) is 11.8 Å². The minimum Gasteiger partial charge on any atom is -0.462 e. The maximum absolute atomic E-state index is 12.1. The van der Waals surface area contributed by atoms with Crippen LogP contribution in [0.5, 0.6) is 0 Å². The van der Waals surface area contributed by atoms with Gasteiger partial charge in [0.25, 0.3) is 0 Å². The highest BCUT2D eigenvalue weighted by atomic mass is 35.5. The van der Waals surface area contributed by atoms with Crippen LogP contribution in [0.1, 0.15) is 20.7 Å². The summed E-state index contributed by atoms with van der Waals surface area (Å²) in [6.07, 6.45) is 2.92. The van der Waals surface area contributed by atoms with Gasteiger partial charge in [0, 0.05) is 24.2 Å². The minimum atomic E-state index is -1.17. The fraction of sp³-hybridized carbons (Fsp3) is 0.294. The van der Waals surface area contributed by atoms with E-state index in [0.717, 1.165) is 0 Å². The summed E-state index contributed by atoms with van der Waals surface area (Å²) < 4.78 is 9.24. The van der Waals surface area contributed by atoms with E-state index in [-0.39, 0.29) is 34.6 Å². The second-order valence-electron chi connectivity index (χ2n) is 5.77. The number of rotatable bonds is 6. The Kier molecular flexibility index (Phi) is 6.11. The molecule has 0 amide bonds. The van der Waals surface area contributed by atoms with Crippen LogP contribution in [0.25, 0.3) is 0 Å². The number of nitrogens with zero attached hydrogens (tertiary/aromatic N) is 2. The van der Waals surface area contributed by atoms with E-state index in [2.05, 4.69) is 9.97 Å². The second-order valence-corrected chi connectivity index (χ2v) is 7.93. The molecule has 6 nitrogen and oxygen atoms in total. The van der Waals surface area contributed by atoms with Crippen molar-refractivity contribution < 1.29 is 19.1 Å². The lowest BCUT2D eigenvalue weighted by atomic mass is 10.3. The highest BCUT2D eigenvalue weighted by Gasteiger charge is 2.64. The number of hydrogen-bond acceptors (Lipinski definition) is 6. The van der Waals surface area contributed by atoms with Crippen molar-refractivity contribution in [1.82, 2.24) is 9.97 Å². The van der Waals surface area contributed by atoms with Gasteiger partial charge in [0.2, 0.25) is 0 Å². The fourth-order valence-corrected chi connectivity index (χ4v) is 3.61. The van der Waals surface area contributed by atoms with Crippen molar-refractivity contribution in [2.75, 3.05) is 13.2 Å². The number of esters is 2. The third-order valence-corrected chi connectivity index (χ3v) is 5.83. The molecular formula is C17H12Cl4N2O4. The van der Waals surface area contributed by atoms with Crippen LogP contribution in [-0.2, 0) is 9.47 Å². The van der Waals surface area contributed by atoms with E-state index in [9.17, 15) is 9.59 Å². The van der Waals surface area contributed by atoms with Gasteiger partial charge >= 0.3 is 11.9 Å². The maximum Gasteiger partial charge on any atom is 0.341 e. The van der Waals surface area contributed by atoms with Gasteiger partial charge in [-0.2, -0.15) is 0 Å². The van der Waals surface area contributed by atoms with Gasteiger partial charge in [-0.25, -0.2) is 19.6 Å². The molecule has 0 aromatic carbocycles. The zero-order valence-electron chi connectivity index (χ0n) is 13.6. The standard InChI is InChI=1S/C17H12Cl4N2O4/c18-13-9(3-1-5-22-13)15(24)26-7-11-12(17(11,20)21)8-27-16(25)10-4-2-6-23-14(10)19/h1-6,11-12H,7-8H2/t11-,12-/m1/s1. The lowest BCUT2D eigenvalue weighted by Crippen LogP contribution is -2.12. The number of alkyl halides is 2. The SMILES string of the molecule is O=C(OC[C@@H]1[C@@H](COC(=O)c2cccnc2Cl)C1(Cl)Cl)c1cccnc1Cl. The lowest BCUT2D eigenvalue weighted by molar-refractivity contribution is 0.0418. The van der Waals surface area contributed by atoms with Crippen molar-refractivity contribution in [3.63, 3.8) is 0 Å². The highest BCUT2D eigenvalue weighted by Crippen LogP contribution is 2.59. The zero-order chi connectivity index (χ0) is 19.6. The predicted octanol–water partition coefficient (Wildman–Crippen LogP) is 4.22. The van der Waals surface area contributed by atoms with E-state index in [4.69, 9.17) is 55.9 Å². The van der Waals surface area contributed by atoms with Crippen LogP contribution in [0, 0.1) is 11.8 Å². The average Bonchev–Trinajstić information content (AvgIpc) is 3.17. The zero-order valence-corrected chi connectivity index (χ0v) is 16.6. The van der Waals surface area contributed by atoms with Crippen molar-refractivity contribution in [3.8, 4) is 0 Å². The summed E-state index contributed by atoms with van der Waals surface area (Å²) in [4.78, 5) is 31.7. The van der Waals surface area contributed by atoms with E-state index < -0.39 is 28.1 Å². The normalized spacial score (nSPS) is 20.0. The molecular weight excluding hydrogens is 438 g/mol. The lowest BCUT2D eigenvalue weighted by Gasteiger charge is -2.06. The van der Waals surface area contributed by atoms with Crippen molar-refractivity contribution in [3.05, 3.63) is 58.1 Å². The van der Waals surface area contributed by atoms with Crippen LogP contribution in [0.3, 0.4) is 0 Å². The molecule has 0 saturated heterocycles.